The average molecular weight is 723 g/mol. The quantitative estimate of drug-likeness (QED) is 0.102. The third-order valence-corrected chi connectivity index (χ3v) is 9.55. The molecule has 11 nitrogen and oxygen atoms in total. The highest BCUT2D eigenvalue weighted by molar-refractivity contribution is 6.06. The van der Waals surface area contributed by atoms with Gasteiger partial charge in [0, 0.05) is 36.7 Å². The van der Waals surface area contributed by atoms with Gasteiger partial charge in [0.05, 0.1) is 12.1 Å². The van der Waals surface area contributed by atoms with Crippen LogP contribution in [0.25, 0.3) is 10.9 Å². The molecule has 14 heteroatoms. The average Bonchev–Trinajstić information content (AvgIpc) is 3.48. The highest BCUT2D eigenvalue weighted by Crippen LogP contribution is 2.59. The zero-order valence-electron chi connectivity index (χ0n) is 29.9. The molecule has 1 saturated heterocycles. The van der Waals surface area contributed by atoms with Crippen LogP contribution in [0, 0.1) is 18.3 Å². The van der Waals surface area contributed by atoms with E-state index in [9.17, 15) is 32.3 Å². The summed E-state index contributed by atoms with van der Waals surface area (Å²) in [6, 6.07) is 4.13. The molecule has 3 aromatic rings. The lowest BCUT2D eigenvalue weighted by Gasteiger charge is -2.27. The van der Waals surface area contributed by atoms with Crippen LogP contribution in [0.1, 0.15) is 80.2 Å². The van der Waals surface area contributed by atoms with Crippen LogP contribution in [0.3, 0.4) is 0 Å². The number of hydrogen-bond donors (Lipinski definition) is 2. The smallest absolute Gasteiger partial charge is 0.433 e. The van der Waals surface area contributed by atoms with Crippen molar-refractivity contribution in [1.82, 2.24) is 25.0 Å². The van der Waals surface area contributed by atoms with Gasteiger partial charge >= 0.3 is 6.18 Å². The van der Waals surface area contributed by atoms with Crippen molar-refractivity contribution in [3.63, 3.8) is 0 Å². The highest BCUT2D eigenvalue weighted by atomic mass is 19.4. The number of carbonyl (C=O) groups excluding carboxylic acids is 4. The van der Waals surface area contributed by atoms with Crippen molar-refractivity contribution in [2.45, 2.75) is 91.0 Å². The van der Waals surface area contributed by atoms with E-state index < -0.39 is 41.2 Å². The lowest BCUT2D eigenvalue weighted by Crippen LogP contribution is -2.47. The molecule has 52 heavy (non-hydrogen) atoms. The van der Waals surface area contributed by atoms with Gasteiger partial charge in [-0.2, -0.15) is 18.3 Å². The Morgan fingerprint density at radius 1 is 1.13 bits per heavy atom. The number of amides is 3. The molecule has 278 valence electrons. The summed E-state index contributed by atoms with van der Waals surface area (Å²) < 4.78 is 47.9. The number of Topliss-reactive ketones (excluding diaryl/α,β-unsaturated/α-hetero) is 1. The van der Waals surface area contributed by atoms with Crippen molar-refractivity contribution < 1.29 is 37.1 Å². The van der Waals surface area contributed by atoms with Gasteiger partial charge < -0.3 is 20.3 Å². The number of fused-ring (bicyclic) bond motifs is 2. The minimum Gasteiger partial charge on any atom is -0.493 e. The third kappa shape index (κ3) is 8.21. The highest BCUT2D eigenvalue weighted by Gasteiger charge is 2.67. The number of halogens is 3. The van der Waals surface area contributed by atoms with E-state index in [1.54, 1.807) is 18.2 Å². The molecule has 2 N–H and O–H groups in total. The Kier molecular flexibility index (Phi) is 11.3. The molecule has 2 aromatic heterocycles. The number of nitrogens with zero attached hydrogens (tertiary/aromatic N) is 4. The first-order chi connectivity index (χ1) is 24.6. The first kappa shape index (κ1) is 38.2. The van der Waals surface area contributed by atoms with E-state index >= 15 is 0 Å². The molecule has 1 aliphatic heterocycles. The predicted octanol–water partition coefficient (Wildman–Crippen LogP) is 6.20. The van der Waals surface area contributed by atoms with Crippen LogP contribution >= 0.6 is 0 Å². The number of nitrogens with one attached hydrogen (secondary N) is 2. The number of aryl methyl sites for hydroxylation is 1. The van der Waals surface area contributed by atoms with Crippen molar-refractivity contribution in [3.05, 3.63) is 72.1 Å². The first-order valence-electron chi connectivity index (χ1n) is 17.4. The summed E-state index contributed by atoms with van der Waals surface area (Å²) in [5.41, 5.74) is -0.00438. The molecule has 3 amide bonds. The molecule has 0 radical (unpaired) electrons. The SMILES string of the molecule is C=CCCCC(=O)NC[C@@]12C[C@@H](C(=O)Nc3nc(C(F)(F)F)ccc3C)N(C(=O)Cn3nc(C(C)=O)c4cc(OCC(C)C)cc(CC=C)c43)[C@@H]1C2. The maximum atomic E-state index is 14.4. The molecule has 5 rings (SSSR count). The van der Waals surface area contributed by atoms with E-state index in [4.69, 9.17) is 4.74 Å². The molecular formula is C38H45F3N6O5. The normalized spacial score (nSPS) is 19.3. The van der Waals surface area contributed by atoms with E-state index in [0.29, 0.717) is 60.9 Å². The summed E-state index contributed by atoms with van der Waals surface area (Å²) in [4.78, 5) is 58.8. The topological polar surface area (TPSA) is 136 Å². The van der Waals surface area contributed by atoms with E-state index in [2.05, 4.69) is 33.9 Å². The number of aromatic nitrogens is 3. The number of likely N-dealkylation sites (tertiary alicyclic amines) is 1. The standard InChI is InChI=1S/C38H45F3N6O5/c1-7-9-10-12-31(49)42-21-37-17-28(36(51)44-35-23(5)13-14-29(43-35)38(39,40)41)47(30(37)18-37)32(50)19-46-34-25(11-8-2)15-26(52-20-22(3)4)16-27(34)33(45-46)24(6)48/h7-8,13-16,22,28,30H,1-2,9-12,17-21H2,3-6H3,(H,42,49)(H,43,44,51)/t28-,30+,37-/m0/s1. The molecule has 1 aromatic carbocycles. The van der Waals surface area contributed by atoms with Gasteiger partial charge in [-0.05, 0) is 74.3 Å². The van der Waals surface area contributed by atoms with Gasteiger partial charge in [0.2, 0.25) is 17.7 Å². The number of anilines is 1. The Morgan fingerprint density at radius 2 is 1.88 bits per heavy atom. The molecule has 3 heterocycles. The molecule has 1 saturated carbocycles. The van der Waals surface area contributed by atoms with Gasteiger partial charge in [-0.3, -0.25) is 23.9 Å². The van der Waals surface area contributed by atoms with Gasteiger partial charge in [0.15, 0.2) is 5.78 Å². The van der Waals surface area contributed by atoms with Crippen molar-refractivity contribution in [2.75, 3.05) is 18.5 Å². The van der Waals surface area contributed by atoms with Gasteiger partial charge in [0.25, 0.3) is 0 Å². The predicted molar refractivity (Wildman–Crippen MR) is 190 cm³/mol. The monoisotopic (exact) mass is 722 g/mol. The molecule has 3 atom stereocenters. The maximum Gasteiger partial charge on any atom is 0.433 e. The van der Waals surface area contributed by atoms with Crippen molar-refractivity contribution in [3.8, 4) is 5.75 Å². The number of piperidine rings is 1. The number of alkyl halides is 3. The van der Waals surface area contributed by atoms with Crippen molar-refractivity contribution in [1.29, 1.82) is 0 Å². The first-order valence-corrected chi connectivity index (χ1v) is 17.4. The lowest BCUT2D eigenvalue weighted by molar-refractivity contribution is -0.141. The minimum absolute atomic E-state index is 0.157. The number of unbranched alkanes of at least 4 members (excludes halogenated alkanes) is 1. The van der Waals surface area contributed by atoms with E-state index in [0.717, 1.165) is 11.6 Å². The van der Waals surface area contributed by atoms with Crippen LogP contribution in [-0.4, -0.2) is 68.4 Å². The lowest BCUT2D eigenvalue weighted by atomic mass is 9.98. The molecule has 0 unspecified atom stereocenters. The molecule has 2 aliphatic rings. The van der Waals surface area contributed by atoms with E-state index in [1.807, 2.05) is 19.9 Å². The fraction of sp³-hybridized carbons (Fsp3) is 0.474. The maximum absolute atomic E-state index is 14.4. The Labute approximate surface area is 300 Å². The summed E-state index contributed by atoms with van der Waals surface area (Å²) in [5.74, 6) is -1.09. The number of carbonyl (C=O) groups is 4. The van der Waals surface area contributed by atoms with Gasteiger partial charge in [-0.15, -0.1) is 13.2 Å². The molecular weight excluding hydrogens is 677 g/mol. The Hall–Kier alpha value is -5.01. The minimum atomic E-state index is -4.73. The van der Waals surface area contributed by atoms with Crippen LogP contribution in [0.4, 0.5) is 19.0 Å². The number of benzene rings is 1. The second-order valence-electron chi connectivity index (χ2n) is 14.1. The van der Waals surface area contributed by atoms with Gasteiger partial charge in [0.1, 0.15) is 35.5 Å². The van der Waals surface area contributed by atoms with E-state index in [-0.39, 0.29) is 48.6 Å². The number of hydrogen-bond acceptors (Lipinski definition) is 7. The summed E-state index contributed by atoms with van der Waals surface area (Å²) in [7, 11) is 0. The molecule has 0 spiro atoms. The second kappa shape index (κ2) is 15.3. The van der Waals surface area contributed by atoms with Crippen molar-refractivity contribution in [2.24, 2.45) is 11.3 Å². The summed E-state index contributed by atoms with van der Waals surface area (Å²) >= 11 is 0. The Balaban J connectivity index is 1.47. The van der Waals surface area contributed by atoms with E-state index in [1.165, 1.54) is 29.5 Å². The van der Waals surface area contributed by atoms with Crippen LogP contribution in [0.5, 0.6) is 5.75 Å². The van der Waals surface area contributed by atoms with Crippen LogP contribution in [0.2, 0.25) is 0 Å². The third-order valence-electron chi connectivity index (χ3n) is 9.55. The number of pyridine rings is 1. The molecule has 2 fully saturated rings. The fourth-order valence-corrected chi connectivity index (χ4v) is 6.87. The van der Waals surface area contributed by atoms with Gasteiger partial charge in [-0.25, -0.2) is 4.98 Å². The summed E-state index contributed by atoms with van der Waals surface area (Å²) in [6.07, 6.45) is 1.40. The summed E-state index contributed by atoms with van der Waals surface area (Å²) in [6.45, 7) is 14.8. The number of ether oxygens (including phenoxy) is 1. The molecule has 0 bridgehead atoms. The Morgan fingerprint density at radius 3 is 2.54 bits per heavy atom. The van der Waals surface area contributed by atoms with Crippen LogP contribution in [0.15, 0.2) is 49.6 Å². The number of ketones is 1. The number of allylic oxidation sites excluding steroid dienone is 2. The second-order valence-corrected chi connectivity index (χ2v) is 14.1. The zero-order valence-corrected chi connectivity index (χ0v) is 29.9. The van der Waals surface area contributed by atoms with Crippen molar-refractivity contribution >= 4 is 40.2 Å². The van der Waals surface area contributed by atoms with Gasteiger partial charge in [-0.1, -0.05) is 32.1 Å². The zero-order chi connectivity index (χ0) is 38.0. The summed E-state index contributed by atoms with van der Waals surface area (Å²) in [5, 5.41) is 10.6. The number of rotatable bonds is 16. The van der Waals surface area contributed by atoms with Crippen LogP contribution < -0.4 is 15.4 Å². The largest absolute Gasteiger partial charge is 0.493 e. The van der Waals surface area contributed by atoms with Crippen LogP contribution in [-0.2, 0) is 33.5 Å². The molecule has 1 aliphatic carbocycles. The Bertz CT molecular complexity index is 1900. The fourth-order valence-electron chi connectivity index (χ4n) is 6.87.